The Morgan fingerprint density at radius 1 is 1.30 bits per heavy atom. The van der Waals surface area contributed by atoms with Gasteiger partial charge in [0.15, 0.2) is 11.6 Å². The predicted octanol–water partition coefficient (Wildman–Crippen LogP) is 4.70. The molecule has 0 saturated carbocycles. The van der Waals surface area contributed by atoms with Crippen molar-refractivity contribution in [2.45, 2.75) is 53.5 Å². The summed E-state index contributed by atoms with van der Waals surface area (Å²) >= 11 is 0. The maximum Gasteiger partial charge on any atom is 0.165 e. The smallest absolute Gasteiger partial charge is 0.165 e. The normalized spacial score (nSPS) is 13.3. The van der Waals surface area contributed by atoms with Crippen molar-refractivity contribution in [1.29, 1.82) is 0 Å². The summed E-state index contributed by atoms with van der Waals surface area (Å²) in [6, 6.07) is 5.40. The number of benzene rings is 1. The molecule has 0 aliphatic rings. The number of hydrogen-bond donors (Lipinski definition) is 1. The quantitative estimate of drug-likeness (QED) is 0.782. The molecule has 1 rings (SSSR count). The number of nitrogens with one attached hydrogen (secondary N) is 1. The van der Waals surface area contributed by atoms with Crippen LogP contribution in [0.3, 0.4) is 0 Å². The van der Waals surface area contributed by atoms with Crippen molar-refractivity contribution < 1.29 is 9.13 Å². The average molecular weight is 281 g/mol. The van der Waals surface area contributed by atoms with E-state index in [1.165, 1.54) is 0 Å². The second kappa shape index (κ2) is 7.63. The van der Waals surface area contributed by atoms with Crippen molar-refractivity contribution in [3.63, 3.8) is 0 Å². The standard InChI is InChI=1S/C17H28FNO/c1-6-10-19-13(2)14-7-8-16(15(18)12-14)20-11-9-17(3,4)5/h7-8,12-13,19H,6,9-11H2,1-5H3. The first-order valence-corrected chi connectivity index (χ1v) is 7.49. The van der Waals surface area contributed by atoms with Gasteiger partial charge in [0.1, 0.15) is 0 Å². The van der Waals surface area contributed by atoms with Crippen LogP contribution in [0.4, 0.5) is 4.39 Å². The maximum absolute atomic E-state index is 14.0. The van der Waals surface area contributed by atoms with Gasteiger partial charge >= 0.3 is 0 Å². The number of halogens is 1. The Bertz CT molecular complexity index is 412. The van der Waals surface area contributed by atoms with Gasteiger partial charge in [-0.1, -0.05) is 33.8 Å². The Labute approximate surface area is 122 Å². The molecule has 0 aromatic heterocycles. The number of rotatable bonds is 7. The second-order valence-electron chi connectivity index (χ2n) is 6.52. The Hall–Kier alpha value is -1.09. The van der Waals surface area contributed by atoms with Gasteiger partial charge < -0.3 is 10.1 Å². The molecule has 114 valence electrons. The van der Waals surface area contributed by atoms with Crippen LogP contribution in [-0.4, -0.2) is 13.2 Å². The highest BCUT2D eigenvalue weighted by molar-refractivity contribution is 5.30. The summed E-state index contributed by atoms with van der Waals surface area (Å²) in [5.74, 6) is 0.0715. The van der Waals surface area contributed by atoms with Gasteiger partial charge in [0, 0.05) is 6.04 Å². The Morgan fingerprint density at radius 3 is 2.55 bits per heavy atom. The molecule has 0 saturated heterocycles. The lowest BCUT2D eigenvalue weighted by molar-refractivity contribution is 0.235. The SMILES string of the molecule is CCCNC(C)c1ccc(OCCC(C)(C)C)c(F)c1. The van der Waals surface area contributed by atoms with E-state index < -0.39 is 0 Å². The zero-order chi connectivity index (χ0) is 15.2. The highest BCUT2D eigenvalue weighted by Gasteiger charge is 2.12. The van der Waals surface area contributed by atoms with Gasteiger partial charge in [-0.3, -0.25) is 0 Å². The van der Waals surface area contributed by atoms with Crippen LogP contribution in [0.25, 0.3) is 0 Å². The van der Waals surface area contributed by atoms with E-state index in [0.717, 1.165) is 24.9 Å². The molecule has 0 spiro atoms. The van der Waals surface area contributed by atoms with E-state index in [2.05, 4.69) is 33.0 Å². The third-order valence-corrected chi connectivity index (χ3v) is 3.27. The van der Waals surface area contributed by atoms with Crippen molar-refractivity contribution in [2.75, 3.05) is 13.2 Å². The van der Waals surface area contributed by atoms with Crippen LogP contribution in [0.2, 0.25) is 0 Å². The molecular weight excluding hydrogens is 253 g/mol. The summed E-state index contributed by atoms with van der Waals surface area (Å²) in [4.78, 5) is 0. The molecule has 1 unspecified atom stereocenters. The molecule has 0 fully saturated rings. The third kappa shape index (κ3) is 5.91. The van der Waals surface area contributed by atoms with E-state index in [-0.39, 0.29) is 17.3 Å². The molecule has 3 heteroatoms. The third-order valence-electron chi connectivity index (χ3n) is 3.27. The van der Waals surface area contributed by atoms with Crippen molar-refractivity contribution in [2.24, 2.45) is 5.41 Å². The van der Waals surface area contributed by atoms with E-state index >= 15 is 0 Å². The molecule has 0 aliphatic heterocycles. The van der Waals surface area contributed by atoms with E-state index in [1.807, 2.05) is 13.0 Å². The van der Waals surface area contributed by atoms with Gasteiger partial charge in [-0.2, -0.15) is 0 Å². The van der Waals surface area contributed by atoms with E-state index in [9.17, 15) is 4.39 Å². The summed E-state index contributed by atoms with van der Waals surface area (Å²) in [5.41, 5.74) is 1.16. The number of ether oxygens (including phenoxy) is 1. The van der Waals surface area contributed by atoms with Crippen LogP contribution in [0.15, 0.2) is 18.2 Å². The Kier molecular flexibility index (Phi) is 6.47. The maximum atomic E-state index is 14.0. The molecular formula is C17H28FNO. The lowest BCUT2D eigenvalue weighted by atomic mass is 9.93. The Balaban J connectivity index is 2.59. The predicted molar refractivity (Wildman–Crippen MR) is 82.7 cm³/mol. The number of hydrogen-bond acceptors (Lipinski definition) is 2. The van der Waals surface area contributed by atoms with Gasteiger partial charge in [0.25, 0.3) is 0 Å². The van der Waals surface area contributed by atoms with Crippen molar-refractivity contribution >= 4 is 0 Å². The van der Waals surface area contributed by atoms with Crippen LogP contribution in [0, 0.1) is 11.2 Å². The minimum absolute atomic E-state index is 0.160. The molecule has 0 heterocycles. The van der Waals surface area contributed by atoms with Crippen molar-refractivity contribution in [1.82, 2.24) is 5.32 Å². The fourth-order valence-corrected chi connectivity index (χ4v) is 1.85. The molecule has 0 aliphatic carbocycles. The molecule has 1 N–H and O–H groups in total. The zero-order valence-electron chi connectivity index (χ0n) is 13.4. The summed E-state index contributed by atoms with van der Waals surface area (Å²) in [7, 11) is 0. The van der Waals surface area contributed by atoms with Crippen LogP contribution in [0.5, 0.6) is 5.75 Å². The summed E-state index contributed by atoms with van der Waals surface area (Å²) in [6.07, 6.45) is 1.98. The highest BCUT2D eigenvalue weighted by atomic mass is 19.1. The van der Waals surface area contributed by atoms with E-state index in [0.29, 0.717) is 12.4 Å². The molecule has 1 aromatic rings. The van der Waals surface area contributed by atoms with Gasteiger partial charge in [-0.05, 0) is 49.4 Å². The second-order valence-corrected chi connectivity index (χ2v) is 6.52. The molecule has 0 bridgehead atoms. The lowest BCUT2D eigenvalue weighted by Gasteiger charge is -2.19. The van der Waals surface area contributed by atoms with Crippen LogP contribution < -0.4 is 10.1 Å². The van der Waals surface area contributed by atoms with Crippen LogP contribution in [0.1, 0.15) is 59.1 Å². The largest absolute Gasteiger partial charge is 0.490 e. The average Bonchev–Trinajstić information content (AvgIpc) is 2.36. The van der Waals surface area contributed by atoms with Gasteiger partial charge in [0.05, 0.1) is 6.61 Å². The van der Waals surface area contributed by atoms with E-state index in [4.69, 9.17) is 4.74 Å². The fourth-order valence-electron chi connectivity index (χ4n) is 1.85. The first-order chi connectivity index (χ1) is 9.33. The zero-order valence-corrected chi connectivity index (χ0v) is 13.4. The lowest BCUT2D eigenvalue weighted by Crippen LogP contribution is -2.19. The first kappa shape index (κ1) is 17.0. The molecule has 1 atom stereocenters. The topological polar surface area (TPSA) is 21.3 Å². The first-order valence-electron chi connectivity index (χ1n) is 7.49. The van der Waals surface area contributed by atoms with Crippen LogP contribution >= 0.6 is 0 Å². The molecule has 2 nitrogen and oxygen atoms in total. The summed E-state index contributed by atoms with van der Waals surface area (Å²) in [6.45, 7) is 12.1. The molecule has 20 heavy (non-hydrogen) atoms. The highest BCUT2D eigenvalue weighted by Crippen LogP contribution is 2.24. The van der Waals surface area contributed by atoms with Gasteiger partial charge in [-0.15, -0.1) is 0 Å². The minimum atomic E-state index is -0.276. The van der Waals surface area contributed by atoms with Crippen LogP contribution in [-0.2, 0) is 0 Å². The molecule has 0 radical (unpaired) electrons. The summed E-state index contributed by atoms with van der Waals surface area (Å²) in [5, 5.41) is 3.35. The molecule has 1 aromatic carbocycles. The fraction of sp³-hybridized carbons (Fsp3) is 0.647. The van der Waals surface area contributed by atoms with Gasteiger partial charge in [0.2, 0.25) is 0 Å². The minimum Gasteiger partial charge on any atom is -0.490 e. The summed E-state index contributed by atoms with van der Waals surface area (Å²) < 4.78 is 19.5. The van der Waals surface area contributed by atoms with Crippen molar-refractivity contribution in [3.05, 3.63) is 29.6 Å². The monoisotopic (exact) mass is 281 g/mol. The van der Waals surface area contributed by atoms with E-state index in [1.54, 1.807) is 12.1 Å². The molecule has 0 amide bonds. The Morgan fingerprint density at radius 2 is 2.00 bits per heavy atom. The van der Waals surface area contributed by atoms with Gasteiger partial charge in [-0.25, -0.2) is 4.39 Å². The van der Waals surface area contributed by atoms with Crippen molar-refractivity contribution in [3.8, 4) is 5.75 Å².